The first kappa shape index (κ1) is 24.2. The van der Waals surface area contributed by atoms with E-state index in [2.05, 4.69) is 58.4 Å². The molecule has 0 saturated carbocycles. The highest BCUT2D eigenvalue weighted by atomic mass is 16.2. The van der Waals surface area contributed by atoms with E-state index in [1.54, 1.807) is 0 Å². The molecule has 0 aromatic heterocycles. The molecule has 2 aliphatic heterocycles. The van der Waals surface area contributed by atoms with Crippen molar-refractivity contribution in [3.05, 3.63) is 114 Å². The van der Waals surface area contributed by atoms with Gasteiger partial charge in [-0.3, -0.25) is 24.3 Å². The van der Waals surface area contributed by atoms with Gasteiger partial charge in [0.2, 0.25) is 11.8 Å². The molecule has 2 aliphatic rings. The van der Waals surface area contributed by atoms with Gasteiger partial charge in [-0.1, -0.05) is 103 Å². The number of piperazine rings is 1. The highest BCUT2D eigenvalue weighted by Gasteiger charge is 2.43. The van der Waals surface area contributed by atoms with E-state index in [-0.39, 0.29) is 30.2 Å². The Bertz CT molecular complexity index is 1130. The minimum absolute atomic E-state index is 0.0349. The fraction of sp³-hybridized carbons (Fsp3) is 0.290. The van der Waals surface area contributed by atoms with Crippen molar-refractivity contribution in [2.75, 3.05) is 39.3 Å². The van der Waals surface area contributed by atoms with Crippen molar-refractivity contribution in [2.24, 2.45) is 0 Å². The Morgan fingerprint density at radius 1 is 0.750 bits per heavy atom. The number of imide groups is 1. The highest BCUT2D eigenvalue weighted by Crippen LogP contribution is 2.29. The van der Waals surface area contributed by atoms with Gasteiger partial charge in [0, 0.05) is 45.2 Å². The molecule has 184 valence electrons. The maximum absolute atomic E-state index is 13.5. The third-order valence-corrected chi connectivity index (χ3v) is 7.31. The number of hydrogen-bond acceptors (Lipinski definition) is 4. The lowest BCUT2D eigenvalue weighted by atomic mass is 9.91. The van der Waals surface area contributed by atoms with Crippen LogP contribution < -0.4 is 0 Å². The van der Waals surface area contributed by atoms with E-state index in [1.807, 2.05) is 54.6 Å². The lowest BCUT2D eigenvalue weighted by Gasteiger charge is -2.36. The molecule has 2 amide bonds. The van der Waals surface area contributed by atoms with Gasteiger partial charge in [0.1, 0.15) is 0 Å². The van der Waals surface area contributed by atoms with Crippen LogP contribution in [0.1, 0.15) is 29.0 Å². The van der Waals surface area contributed by atoms with E-state index in [4.69, 9.17) is 0 Å². The summed E-state index contributed by atoms with van der Waals surface area (Å²) < 4.78 is 0. The summed E-state index contributed by atoms with van der Waals surface area (Å²) in [5.41, 5.74) is 3.44. The molecule has 3 aromatic carbocycles. The highest BCUT2D eigenvalue weighted by molar-refractivity contribution is 6.05. The fourth-order valence-corrected chi connectivity index (χ4v) is 5.26. The van der Waals surface area contributed by atoms with Crippen LogP contribution >= 0.6 is 0 Å². The summed E-state index contributed by atoms with van der Waals surface area (Å²) in [7, 11) is 0. The van der Waals surface area contributed by atoms with Crippen molar-refractivity contribution < 1.29 is 9.59 Å². The molecule has 0 spiro atoms. The van der Waals surface area contributed by atoms with E-state index >= 15 is 0 Å². The molecule has 0 bridgehead atoms. The van der Waals surface area contributed by atoms with Crippen LogP contribution in [-0.2, 0) is 9.59 Å². The molecular formula is C31H33N3O2. The van der Waals surface area contributed by atoms with Crippen molar-refractivity contribution in [1.29, 1.82) is 0 Å². The minimum atomic E-state index is -0.341. The summed E-state index contributed by atoms with van der Waals surface area (Å²) in [4.78, 5) is 32.6. The number of likely N-dealkylation sites (tertiary alicyclic amines) is 1. The second-order valence-corrected chi connectivity index (χ2v) is 9.59. The lowest BCUT2D eigenvalue weighted by molar-refractivity contribution is -0.140. The monoisotopic (exact) mass is 479 g/mol. The average Bonchev–Trinajstić information content (AvgIpc) is 3.22. The first-order valence-corrected chi connectivity index (χ1v) is 12.8. The number of rotatable bonds is 8. The molecule has 0 unspecified atom stereocenters. The summed E-state index contributed by atoms with van der Waals surface area (Å²) in [6.07, 6.45) is 4.63. The Morgan fingerprint density at radius 2 is 1.31 bits per heavy atom. The molecule has 1 atom stereocenters. The standard InChI is InChI=1S/C31H33N3O2/c35-30-23-29(33-21-19-32(20-22-33)18-10-13-25-11-4-1-5-12-25)31(36)34(30)24-28(26-14-6-2-7-15-26)27-16-8-3-9-17-27/h1-17,28-29H,18-24H2/b13-10+/t29-/m0/s1. The molecule has 3 aromatic rings. The molecule has 0 N–H and O–H groups in total. The summed E-state index contributed by atoms with van der Waals surface area (Å²) in [5, 5.41) is 0. The van der Waals surface area contributed by atoms with Crippen LogP contribution in [-0.4, -0.2) is 71.8 Å². The van der Waals surface area contributed by atoms with Gasteiger partial charge in [0.25, 0.3) is 0 Å². The zero-order valence-corrected chi connectivity index (χ0v) is 20.6. The summed E-state index contributed by atoms with van der Waals surface area (Å²) in [6, 6.07) is 30.3. The molecule has 5 rings (SSSR count). The van der Waals surface area contributed by atoms with Crippen LogP contribution in [0, 0.1) is 0 Å². The first-order valence-electron chi connectivity index (χ1n) is 12.8. The molecule has 2 heterocycles. The molecule has 2 saturated heterocycles. The Morgan fingerprint density at radius 3 is 1.89 bits per heavy atom. The topological polar surface area (TPSA) is 43.9 Å². The lowest BCUT2D eigenvalue weighted by Crippen LogP contribution is -2.52. The Labute approximate surface area is 213 Å². The van der Waals surface area contributed by atoms with Gasteiger partial charge in [0.05, 0.1) is 12.5 Å². The van der Waals surface area contributed by atoms with E-state index in [9.17, 15) is 9.59 Å². The molecule has 2 fully saturated rings. The Hall–Kier alpha value is -3.54. The van der Waals surface area contributed by atoms with E-state index in [0.717, 1.165) is 43.9 Å². The zero-order chi connectivity index (χ0) is 24.7. The van der Waals surface area contributed by atoms with Crippen LogP contribution in [0.2, 0.25) is 0 Å². The predicted molar refractivity (Wildman–Crippen MR) is 143 cm³/mol. The number of amides is 2. The molecule has 0 radical (unpaired) electrons. The number of carbonyl (C=O) groups is 2. The van der Waals surface area contributed by atoms with E-state index < -0.39 is 0 Å². The number of hydrogen-bond donors (Lipinski definition) is 0. The van der Waals surface area contributed by atoms with Crippen LogP contribution in [0.15, 0.2) is 97.1 Å². The van der Waals surface area contributed by atoms with Gasteiger partial charge in [-0.2, -0.15) is 0 Å². The van der Waals surface area contributed by atoms with E-state index in [0.29, 0.717) is 6.54 Å². The van der Waals surface area contributed by atoms with Gasteiger partial charge in [-0.15, -0.1) is 0 Å². The van der Waals surface area contributed by atoms with Crippen LogP contribution in [0.25, 0.3) is 6.08 Å². The third-order valence-electron chi connectivity index (χ3n) is 7.31. The molecule has 5 heteroatoms. The van der Waals surface area contributed by atoms with Crippen molar-refractivity contribution in [3.63, 3.8) is 0 Å². The smallest absolute Gasteiger partial charge is 0.247 e. The van der Waals surface area contributed by atoms with Gasteiger partial charge in [-0.25, -0.2) is 0 Å². The quantitative estimate of drug-likeness (QED) is 0.453. The van der Waals surface area contributed by atoms with Crippen molar-refractivity contribution in [3.8, 4) is 0 Å². The molecular weight excluding hydrogens is 446 g/mol. The summed E-state index contributed by atoms with van der Waals surface area (Å²) in [6.45, 7) is 4.67. The number of nitrogens with zero attached hydrogens (tertiary/aromatic N) is 3. The maximum Gasteiger partial charge on any atom is 0.247 e. The number of benzene rings is 3. The first-order chi connectivity index (χ1) is 17.7. The molecule has 5 nitrogen and oxygen atoms in total. The summed E-state index contributed by atoms with van der Waals surface area (Å²) in [5.74, 6) is -0.142. The van der Waals surface area contributed by atoms with Crippen molar-refractivity contribution in [2.45, 2.75) is 18.4 Å². The van der Waals surface area contributed by atoms with E-state index in [1.165, 1.54) is 10.5 Å². The van der Waals surface area contributed by atoms with Crippen molar-refractivity contribution in [1.82, 2.24) is 14.7 Å². The number of carbonyl (C=O) groups excluding carboxylic acids is 2. The van der Waals surface area contributed by atoms with Crippen molar-refractivity contribution >= 4 is 17.9 Å². The zero-order valence-electron chi connectivity index (χ0n) is 20.6. The van der Waals surface area contributed by atoms with Crippen LogP contribution in [0.5, 0.6) is 0 Å². The van der Waals surface area contributed by atoms with Gasteiger partial charge < -0.3 is 0 Å². The minimum Gasteiger partial charge on any atom is -0.297 e. The second-order valence-electron chi connectivity index (χ2n) is 9.59. The third kappa shape index (κ3) is 5.64. The van der Waals surface area contributed by atoms with Gasteiger partial charge >= 0.3 is 0 Å². The van der Waals surface area contributed by atoms with Crippen LogP contribution in [0.3, 0.4) is 0 Å². The SMILES string of the molecule is O=C1C[C@H](N2CCN(C/C=C/c3ccccc3)CC2)C(=O)N1CC(c1ccccc1)c1ccccc1. The van der Waals surface area contributed by atoms with Gasteiger partial charge in [0.15, 0.2) is 0 Å². The Balaban J connectivity index is 1.20. The van der Waals surface area contributed by atoms with Gasteiger partial charge in [-0.05, 0) is 16.7 Å². The predicted octanol–water partition coefficient (Wildman–Crippen LogP) is 4.28. The molecule has 36 heavy (non-hydrogen) atoms. The maximum atomic E-state index is 13.5. The average molecular weight is 480 g/mol. The Kier molecular flexibility index (Phi) is 7.70. The summed E-state index contributed by atoms with van der Waals surface area (Å²) >= 11 is 0. The fourth-order valence-electron chi connectivity index (χ4n) is 5.26. The van der Waals surface area contributed by atoms with Crippen LogP contribution in [0.4, 0.5) is 0 Å². The molecule has 0 aliphatic carbocycles. The largest absolute Gasteiger partial charge is 0.297 e. The second kappa shape index (κ2) is 11.5. The normalized spacial score (nSPS) is 19.6.